The Labute approximate surface area is 174 Å². The number of aliphatic carboxylic acids is 1. The molecule has 1 aliphatic rings. The van der Waals surface area contributed by atoms with Gasteiger partial charge in [0.15, 0.2) is 11.5 Å². The minimum Gasteiger partial charge on any atom is -0.497 e. The van der Waals surface area contributed by atoms with Gasteiger partial charge in [-0.3, -0.25) is 9.59 Å². The van der Waals surface area contributed by atoms with Crippen molar-refractivity contribution in [2.45, 2.75) is 25.3 Å². The Morgan fingerprint density at radius 1 is 1.00 bits per heavy atom. The van der Waals surface area contributed by atoms with Gasteiger partial charge in [-0.1, -0.05) is 6.07 Å². The number of carboxylic acid groups (broad SMARTS) is 1. The van der Waals surface area contributed by atoms with Crippen LogP contribution in [0.2, 0.25) is 0 Å². The quantitative estimate of drug-likeness (QED) is 0.715. The maximum absolute atomic E-state index is 12.8. The van der Waals surface area contributed by atoms with Gasteiger partial charge in [-0.2, -0.15) is 5.10 Å². The van der Waals surface area contributed by atoms with Crippen molar-refractivity contribution >= 4 is 17.6 Å². The first-order valence-electron chi connectivity index (χ1n) is 9.44. The minimum atomic E-state index is -1.02. The first kappa shape index (κ1) is 21.2. The number of carbonyl (C=O) groups is 2. The van der Waals surface area contributed by atoms with Crippen LogP contribution in [0.3, 0.4) is 0 Å². The smallest absolute Gasteiger partial charge is 0.303 e. The van der Waals surface area contributed by atoms with E-state index >= 15 is 0 Å². The monoisotopic (exact) mass is 412 g/mol. The predicted molar refractivity (Wildman–Crippen MR) is 110 cm³/mol. The van der Waals surface area contributed by atoms with E-state index in [1.807, 2.05) is 36.4 Å². The largest absolute Gasteiger partial charge is 0.497 e. The normalized spacial score (nSPS) is 15.5. The van der Waals surface area contributed by atoms with E-state index in [0.717, 1.165) is 22.6 Å². The maximum Gasteiger partial charge on any atom is 0.303 e. The summed E-state index contributed by atoms with van der Waals surface area (Å²) in [6.07, 6.45) is 0.112. The molecule has 0 bridgehead atoms. The lowest BCUT2D eigenvalue weighted by molar-refractivity contribution is -0.141. The molecule has 0 aliphatic carbocycles. The molecule has 1 aliphatic heterocycles. The van der Waals surface area contributed by atoms with Crippen molar-refractivity contribution in [1.29, 1.82) is 0 Å². The molecule has 8 nitrogen and oxygen atoms in total. The third-order valence-electron chi connectivity index (χ3n) is 4.93. The summed E-state index contributed by atoms with van der Waals surface area (Å²) in [6, 6.07) is 12.5. The van der Waals surface area contributed by atoms with E-state index in [9.17, 15) is 9.59 Å². The van der Waals surface area contributed by atoms with E-state index in [4.69, 9.17) is 19.3 Å². The van der Waals surface area contributed by atoms with Crippen LogP contribution in [-0.4, -0.2) is 49.0 Å². The van der Waals surface area contributed by atoms with Crippen molar-refractivity contribution in [3.05, 3.63) is 53.6 Å². The van der Waals surface area contributed by atoms with Gasteiger partial charge in [0, 0.05) is 12.8 Å². The van der Waals surface area contributed by atoms with Gasteiger partial charge >= 0.3 is 5.97 Å². The Bertz CT molecular complexity index is 955. The molecule has 158 valence electrons. The summed E-state index contributed by atoms with van der Waals surface area (Å²) in [5, 5.41) is 14.9. The number of carboxylic acids is 1. The Morgan fingerprint density at radius 2 is 1.70 bits per heavy atom. The van der Waals surface area contributed by atoms with Crippen molar-refractivity contribution in [2.24, 2.45) is 5.10 Å². The van der Waals surface area contributed by atoms with Crippen LogP contribution in [0.5, 0.6) is 17.2 Å². The number of hydrogen-bond donors (Lipinski definition) is 1. The SMILES string of the molecule is COc1ccc(C2=NN(C(=O)CCC(=O)O)[C@H](c3ccc(OC)c(OC)c3)C2)cc1. The number of rotatable bonds is 8. The Morgan fingerprint density at radius 3 is 2.30 bits per heavy atom. The molecule has 1 atom stereocenters. The molecular weight excluding hydrogens is 388 g/mol. The first-order chi connectivity index (χ1) is 14.5. The molecule has 0 saturated heterocycles. The van der Waals surface area contributed by atoms with Crippen LogP contribution in [0, 0.1) is 0 Å². The summed E-state index contributed by atoms with van der Waals surface area (Å²) in [5.41, 5.74) is 2.43. The molecular formula is C22H24N2O6. The average molecular weight is 412 g/mol. The molecule has 30 heavy (non-hydrogen) atoms. The van der Waals surface area contributed by atoms with Crippen LogP contribution < -0.4 is 14.2 Å². The Balaban J connectivity index is 1.94. The summed E-state index contributed by atoms with van der Waals surface area (Å²) >= 11 is 0. The second kappa shape index (κ2) is 9.30. The molecule has 3 rings (SSSR count). The van der Waals surface area contributed by atoms with Gasteiger partial charge < -0.3 is 19.3 Å². The topological polar surface area (TPSA) is 97.7 Å². The highest BCUT2D eigenvalue weighted by atomic mass is 16.5. The average Bonchev–Trinajstić information content (AvgIpc) is 3.22. The molecule has 1 heterocycles. The summed E-state index contributed by atoms with van der Waals surface area (Å²) in [7, 11) is 4.70. The van der Waals surface area contributed by atoms with Crippen LogP contribution in [0.1, 0.15) is 36.4 Å². The molecule has 0 unspecified atom stereocenters. The summed E-state index contributed by atoms with van der Waals surface area (Å²) in [4.78, 5) is 23.7. The number of benzene rings is 2. The Hall–Kier alpha value is -3.55. The van der Waals surface area contributed by atoms with Crippen LogP contribution >= 0.6 is 0 Å². The fourth-order valence-electron chi connectivity index (χ4n) is 3.35. The van der Waals surface area contributed by atoms with E-state index in [1.54, 1.807) is 27.4 Å². The van der Waals surface area contributed by atoms with Crippen molar-refractivity contribution in [2.75, 3.05) is 21.3 Å². The molecule has 1 amide bonds. The van der Waals surface area contributed by atoms with E-state index < -0.39 is 5.97 Å². The van der Waals surface area contributed by atoms with Crippen LogP contribution in [0.25, 0.3) is 0 Å². The summed E-state index contributed by atoms with van der Waals surface area (Å²) in [5.74, 6) is 0.485. The number of hydrogen-bond acceptors (Lipinski definition) is 6. The van der Waals surface area contributed by atoms with E-state index in [0.29, 0.717) is 17.9 Å². The lowest BCUT2D eigenvalue weighted by Gasteiger charge is -2.22. The molecule has 0 saturated carbocycles. The highest BCUT2D eigenvalue weighted by Crippen LogP contribution is 2.37. The van der Waals surface area contributed by atoms with E-state index in [1.165, 1.54) is 5.01 Å². The third-order valence-corrected chi connectivity index (χ3v) is 4.93. The predicted octanol–water partition coefficient (Wildman–Crippen LogP) is 3.25. The van der Waals surface area contributed by atoms with Crippen LogP contribution in [-0.2, 0) is 9.59 Å². The highest BCUT2D eigenvalue weighted by Gasteiger charge is 2.33. The molecule has 0 fully saturated rings. The molecule has 2 aromatic rings. The summed E-state index contributed by atoms with van der Waals surface area (Å²) in [6.45, 7) is 0. The zero-order valence-corrected chi connectivity index (χ0v) is 17.1. The highest BCUT2D eigenvalue weighted by molar-refractivity contribution is 6.03. The lowest BCUT2D eigenvalue weighted by Crippen LogP contribution is -2.27. The van der Waals surface area contributed by atoms with Crippen molar-refractivity contribution < 1.29 is 28.9 Å². The zero-order valence-electron chi connectivity index (χ0n) is 17.1. The number of carbonyl (C=O) groups excluding carboxylic acids is 1. The van der Waals surface area contributed by atoms with Gasteiger partial charge in [0.2, 0.25) is 5.91 Å². The fraction of sp³-hybridized carbons (Fsp3) is 0.318. The number of nitrogens with zero attached hydrogens (tertiary/aromatic N) is 2. The van der Waals surface area contributed by atoms with E-state index in [2.05, 4.69) is 5.10 Å². The van der Waals surface area contributed by atoms with Gasteiger partial charge in [-0.25, -0.2) is 5.01 Å². The fourth-order valence-corrected chi connectivity index (χ4v) is 3.35. The molecule has 1 N–H and O–H groups in total. The van der Waals surface area contributed by atoms with Crippen molar-refractivity contribution in [3.8, 4) is 17.2 Å². The van der Waals surface area contributed by atoms with Gasteiger partial charge in [0.25, 0.3) is 0 Å². The summed E-state index contributed by atoms with van der Waals surface area (Å²) < 4.78 is 15.9. The number of amides is 1. The molecule has 2 aromatic carbocycles. The second-order valence-electron chi connectivity index (χ2n) is 6.74. The van der Waals surface area contributed by atoms with E-state index in [-0.39, 0.29) is 24.8 Å². The zero-order chi connectivity index (χ0) is 21.7. The molecule has 0 radical (unpaired) electrons. The van der Waals surface area contributed by atoms with Crippen LogP contribution in [0.15, 0.2) is 47.6 Å². The molecule has 8 heteroatoms. The molecule has 0 aromatic heterocycles. The third kappa shape index (κ3) is 4.53. The maximum atomic E-state index is 12.8. The lowest BCUT2D eigenvalue weighted by atomic mass is 9.97. The van der Waals surface area contributed by atoms with Crippen LogP contribution in [0.4, 0.5) is 0 Å². The number of hydrazone groups is 1. The van der Waals surface area contributed by atoms with Gasteiger partial charge in [0.1, 0.15) is 5.75 Å². The van der Waals surface area contributed by atoms with Gasteiger partial charge in [0.05, 0.1) is 39.5 Å². The standard InChI is InChI=1S/C22H24N2O6/c1-28-16-7-4-14(5-8-16)17-13-18(24(23-17)21(25)10-11-22(26)27)15-6-9-19(29-2)20(12-15)30-3/h4-9,12,18H,10-11,13H2,1-3H3,(H,26,27)/t18-/m0/s1. The van der Waals surface area contributed by atoms with Crippen molar-refractivity contribution in [1.82, 2.24) is 5.01 Å². The second-order valence-corrected chi connectivity index (χ2v) is 6.74. The van der Waals surface area contributed by atoms with Crippen molar-refractivity contribution in [3.63, 3.8) is 0 Å². The minimum absolute atomic E-state index is 0.126. The Kier molecular flexibility index (Phi) is 6.56. The van der Waals surface area contributed by atoms with Gasteiger partial charge in [-0.05, 0) is 47.5 Å². The number of methoxy groups -OCH3 is 3. The number of ether oxygens (including phenoxy) is 3. The first-order valence-corrected chi connectivity index (χ1v) is 9.44. The molecule has 0 spiro atoms. The van der Waals surface area contributed by atoms with Gasteiger partial charge in [-0.15, -0.1) is 0 Å².